The molecule has 0 aliphatic rings. The number of amidine groups is 1. The van der Waals surface area contributed by atoms with E-state index in [9.17, 15) is 0 Å². The molecule has 0 saturated carbocycles. The van der Waals surface area contributed by atoms with Crippen LogP contribution in [0.15, 0.2) is 35.5 Å². The van der Waals surface area contributed by atoms with Gasteiger partial charge in [0.05, 0.1) is 0 Å². The summed E-state index contributed by atoms with van der Waals surface area (Å²) in [5.41, 5.74) is 6.81. The lowest BCUT2D eigenvalue weighted by molar-refractivity contribution is 0.247. The number of hydrogen-bond donors (Lipinski definition) is 2. The van der Waals surface area contributed by atoms with Crippen LogP contribution in [-0.4, -0.2) is 29.5 Å². The number of nitrogens with zero attached hydrogens (tertiary/aromatic N) is 2. The molecule has 17 heavy (non-hydrogen) atoms. The molecule has 3 N–H and O–H groups in total. The van der Waals surface area contributed by atoms with Crippen molar-refractivity contribution in [2.24, 2.45) is 10.9 Å². The normalized spacial score (nSPS) is 13.9. The Bertz CT molecular complexity index is 351. The standard InChI is InChI=1S/C13H21N3O/c1-3-9-16(2)12(10-13(14)15-17)11-7-5-4-6-8-11/h4-8,12,17H,3,9-10H2,1-2H3,(H2,14,15). The van der Waals surface area contributed by atoms with E-state index in [4.69, 9.17) is 10.9 Å². The van der Waals surface area contributed by atoms with Crippen LogP contribution in [0.2, 0.25) is 0 Å². The summed E-state index contributed by atoms with van der Waals surface area (Å²) in [7, 11) is 2.06. The van der Waals surface area contributed by atoms with Crippen LogP contribution in [-0.2, 0) is 0 Å². The second-order valence-corrected chi connectivity index (χ2v) is 4.20. The van der Waals surface area contributed by atoms with E-state index >= 15 is 0 Å². The van der Waals surface area contributed by atoms with Gasteiger partial charge < -0.3 is 10.9 Å². The monoisotopic (exact) mass is 235 g/mol. The van der Waals surface area contributed by atoms with Crippen LogP contribution in [0.4, 0.5) is 0 Å². The molecule has 94 valence electrons. The largest absolute Gasteiger partial charge is 0.409 e. The first-order valence-electron chi connectivity index (χ1n) is 5.90. The van der Waals surface area contributed by atoms with Gasteiger partial charge in [-0.25, -0.2) is 0 Å². The molecule has 0 fully saturated rings. The molecule has 0 spiro atoms. The van der Waals surface area contributed by atoms with Gasteiger partial charge in [0.2, 0.25) is 0 Å². The molecule has 1 aromatic rings. The van der Waals surface area contributed by atoms with Gasteiger partial charge in [-0.15, -0.1) is 0 Å². The number of rotatable bonds is 6. The zero-order valence-electron chi connectivity index (χ0n) is 10.5. The summed E-state index contributed by atoms with van der Waals surface area (Å²) in [6, 6.07) is 10.3. The topological polar surface area (TPSA) is 61.8 Å². The Morgan fingerprint density at radius 3 is 2.59 bits per heavy atom. The maximum Gasteiger partial charge on any atom is 0.141 e. The van der Waals surface area contributed by atoms with Crippen LogP contribution in [0.5, 0.6) is 0 Å². The van der Waals surface area contributed by atoms with Crippen molar-refractivity contribution in [3.05, 3.63) is 35.9 Å². The van der Waals surface area contributed by atoms with Crippen molar-refractivity contribution in [2.75, 3.05) is 13.6 Å². The highest BCUT2D eigenvalue weighted by atomic mass is 16.4. The highest BCUT2D eigenvalue weighted by Gasteiger charge is 2.17. The molecule has 4 heteroatoms. The predicted molar refractivity (Wildman–Crippen MR) is 70.1 cm³/mol. The lowest BCUT2D eigenvalue weighted by Gasteiger charge is -2.27. The van der Waals surface area contributed by atoms with E-state index < -0.39 is 0 Å². The number of benzene rings is 1. The molecule has 0 aromatic heterocycles. The zero-order valence-corrected chi connectivity index (χ0v) is 10.5. The molecule has 0 aliphatic heterocycles. The van der Waals surface area contributed by atoms with Crippen molar-refractivity contribution in [3.63, 3.8) is 0 Å². The van der Waals surface area contributed by atoms with Crippen molar-refractivity contribution < 1.29 is 5.21 Å². The van der Waals surface area contributed by atoms with Crippen LogP contribution in [0, 0.1) is 0 Å². The third-order valence-electron chi connectivity index (χ3n) is 2.82. The van der Waals surface area contributed by atoms with Gasteiger partial charge in [0.15, 0.2) is 0 Å². The van der Waals surface area contributed by atoms with Crippen LogP contribution in [0.25, 0.3) is 0 Å². The average molecular weight is 235 g/mol. The second-order valence-electron chi connectivity index (χ2n) is 4.20. The molecule has 1 aromatic carbocycles. The molecule has 1 unspecified atom stereocenters. The van der Waals surface area contributed by atoms with Crippen molar-refractivity contribution >= 4 is 5.84 Å². The molecule has 0 bridgehead atoms. The first-order valence-corrected chi connectivity index (χ1v) is 5.90. The Labute approximate surface area is 103 Å². The molecule has 4 nitrogen and oxygen atoms in total. The summed E-state index contributed by atoms with van der Waals surface area (Å²) in [6.45, 7) is 3.13. The molecule has 0 heterocycles. The maximum absolute atomic E-state index is 8.69. The predicted octanol–water partition coefficient (Wildman–Crippen LogP) is 2.21. The highest BCUT2D eigenvalue weighted by molar-refractivity contribution is 5.80. The van der Waals surface area contributed by atoms with Gasteiger partial charge in [-0.2, -0.15) is 0 Å². The van der Waals surface area contributed by atoms with Gasteiger partial charge in [0.1, 0.15) is 5.84 Å². The Morgan fingerprint density at radius 1 is 1.41 bits per heavy atom. The van der Waals surface area contributed by atoms with Gasteiger partial charge in [0, 0.05) is 12.5 Å². The zero-order chi connectivity index (χ0) is 12.7. The van der Waals surface area contributed by atoms with Crippen LogP contribution in [0.1, 0.15) is 31.4 Å². The van der Waals surface area contributed by atoms with Crippen molar-refractivity contribution in [2.45, 2.75) is 25.8 Å². The summed E-state index contributed by atoms with van der Waals surface area (Å²) in [4.78, 5) is 2.23. The fourth-order valence-corrected chi connectivity index (χ4v) is 1.95. The second kappa shape index (κ2) is 6.91. The molecule has 0 amide bonds. The number of hydrogen-bond acceptors (Lipinski definition) is 3. The lowest BCUT2D eigenvalue weighted by Crippen LogP contribution is -2.29. The average Bonchev–Trinajstić information content (AvgIpc) is 2.36. The van der Waals surface area contributed by atoms with Crippen LogP contribution < -0.4 is 5.73 Å². The van der Waals surface area contributed by atoms with Crippen molar-refractivity contribution in [1.29, 1.82) is 0 Å². The smallest absolute Gasteiger partial charge is 0.141 e. The summed E-state index contributed by atoms with van der Waals surface area (Å²) >= 11 is 0. The van der Waals surface area contributed by atoms with E-state index in [0.717, 1.165) is 13.0 Å². The van der Waals surface area contributed by atoms with Crippen LogP contribution in [0.3, 0.4) is 0 Å². The molecular formula is C13H21N3O. The van der Waals surface area contributed by atoms with E-state index in [1.165, 1.54) is 5.56 Å². The third kappa shape index (κ3) is 4.07. The SMILES string of the molecule is CCCN(C)C(CC(N)=NO)c1ccccc1. The first-order chi connectivity index (χ1) is 8.19. The minimum absolute atomic E-state index is 0.159. The summed E-state index contributed by atoms with van der Waals surface area (Å²) < 4.78 is 0. The van der Waals surface area contributed by atoms with E-state index in [-0.39, 0.29) is 11.9 Å². The minimum atomic E-state index is 0.159. The molecule has 1 rings (SSSR count). The van der Waals surface area contributed by atoms with Gasteiger partial charge >= 0.3 is 0 Å². The van der Waals surface area contributed by atoms with E-state index in [0.29, 0.717) is 6.42 Å². The van der Waals surface area contributed by atoms with Gasteiger partial charge in [-0.05, 0) is 25.6 Å². The fraction of sp³-hybridized carbons (Fsp3) is 0.462. The van der Waals surface area contributed by atoms with Crippen molar-refractivity contribution in [1.82, 2.24) is 4.90 Å². The Morgan fingerprint density at radius 2 is 2.06 bits per heavy atom. The fourth-order valence-electron chi connectivity index (χ4n) is 1.95. The highest BCUT2D eigenvalue weighted by Crippen LogP contribution is 2.22. The molecule has 0 radical (unpaired) electrons. The van der Waals surface area contributed by atoms with E-state index in [2.05, 4.69) is 36.2 Å². The van der Waals surface area contributed by atoms with E-state index in [1.54, 1.807) is 0 Å². The Kier molecular flexibility index (Phi) is 5.49. The molecular weight excluding hydrogens is 214 g/mol. The summed E-state index contributed by atoms with van der Waals surface area (Å²) in [6.07, 6.45) is 1.62. The van der Waals surface area contributed by atoms with E-state index in [1.807, 2.05) is 18.2 Å². The van der Waals surface area contributed by atoms with Gasteiger partial charge in [-0.1, -0.05) is 42.4 Å². The lowest BCUT2D eigenvalue weighted by atomic mass is 10.0. The number of nitrogens with two attached hydrogens (primary N) is 1. The van der Waals surface area contributed by atoms with Gasteiger partial charge in [0.25, 0.3) is 0 Å². The van der Waals surface area contributed by atoms with Gasteiger partial charge in [-0.3, -0.25) is 4.90 Å². The first kappa shape index (κ1) is 13.5. The number of oxime groups is 1. The van der Waals surface area contributed by atoms with Crippen molar-refractivity contribution in [3.8, 4) is 0 Å². The molecule has 0 aliphatic carbocycles. The third-order valence-corrected chi connectivity index (χ3v) is 2.82. The molecule has 1 atom stereocenters. The molecule has 0 saturated heterocycles. The van der Waals surface area contributed by atoms with Crippen LogP contribution >= 0.6 is 0 Å². The summed E-state index contributed by atoms with van der Waals surface area (Å²) in [5, 5.41) is 11.8. The maximum atomic E-state index is 8.69. The summed E-state index contributed by atoms with van der Waals surface area (Å²) in [5.74, 6) is 0.266. The Hall–Kier alpha value is -1.55. The minimum Gasteiger partial charge on any atom is -0.409 e. The Balaban J connectivity index is 2.86. The quantitative estimate of drug-likeness (QED) is 0.344.